The van der Waals surface area contributed by atoms with Gasteiger partial charge in [-0.05, 0) is 25.5 Å². The molecular weight excluding hydrogens is 258 g/mol. The van der Waals surface area contributed by atoms with Gasteiger partial charge < -0.3 is 15.1 Å². The largest absolute Gasteiger partial charge is 0.371 e. The van der Waals surface area contributed by atoms with E-state index in [4.69, 9.17) is 0 Å². The van der Waals surface area contributed by atoms with Gasteiger partial charge in [0.1, 0.15) is 0 Å². The van der Waals surface area contributed by atoms with Crippen molar-refractivity contribution >= 4 is 11.4 Å². The van der Waals surface area contributed by atoms with Crippen LogP contribution in [0.25, 0.3) is 0 Å². The fourth-order valence-corrected chi connectivity index (χ4v) is 3.05. The van der Waals surface area contributed by atoms with Crippen molar-refractivity contribution in [3.8, 4) is 0 Å². The third-order valence-electron chi connectivity index (χ3n) is 4.45. The van der Waals surface area contributed by atoms with Crippen LogP contribution in [0.4, 0.5) is 11.4 Å². The van der Waals surface area contributed by atoms with E-state index < -0.39 is 0 Å². The summed E-state index contributed by atoms with van der Waals surface area (Å²) in [5.41, 5.74) is 2.74. The van der Waals surface area contributed by atoms with E-state index in [2.05, 4.69) is 60.3 Å². The summed E-state index contributed by atoms with van der Waals surface area (Å²) < 4.78 is 0. The van der Waals surface area contributed by atoms with Crippen molar-refractivity contribution in [3.63, 3.8) is 0 Å². The number of para-hydroxylation sites is 2. The monoisotopic (exact) mass is 289 g/mol. The molecule has 0 saturated heterocycles. The maximum Gasteiger partial charge on any atom is 0.0605 e. The molecule has 1 unspecified atom stereocenters. The normalized spacial score (nSPS) is 16.0. The lowest BCUT2D eigenvalue weighted by atomic mass is 10.1. The smallest absolute Gasteiger partial charge is 0.0605 e. The molecule has 1 aliphatic rings. The third kappa shape index (κ3) is 4.63. The Morgan fingerprint density at radius 2 is 1.90 bits per heavy atom. The molecule has 0 bridgehead atoms. The van der Waals surface area contributed by atoms with Crippen LogP contribution in [-0.2, 0) is 0 Å². The molecule has 3 heteroatoms. The van der Waals surface area contributed by atoms with Crippen molar-refractivity contribution in [2.75, 3.05) is 43.0 Å². The number of benzene rings is 1. The Labute approximate surface area is 130 Å². The zero-order chi connectivity index (χ0) is 15.1. The van der Waals surface area contributed by atoms with E-state index >= 15 is 0 Å². The first-order valence-corrected chi connectivity index (χ1v) is 8.51. The fraction of sp³-hybridized carbons (Fsp3) is 0.667. The molecule has 0 saturated carbocycles. The molecule has 2 rings (SSSR count). The molecule has 1 aromatic carbocycles. The number of rotatable bonds is 8. The summed E-state index contributed by atoms with van der Waals surface area (Å²) in [6, 6.07) is 9.38. The van der Waals surface area contributed by atoms with Crippen LogP contribution in [0.15, 0.2) is 24.3 Å². The second-order valence-electron chi connectivity index (χ2n) is 6.25. The minimum atomic E-state index is 0.638. The highest BCUT2D eigenvalue weighted by atomic mass is 15.3. The second-order valence-corrected chi connectivity index (χ2v) is 6.25. The molecule has 21 heavy (non-hydrogen) atoms. The van der Waals surface area contributed by atoms with Crippen LogP contribution in [0, 0.1) is 0 Å². The lowest BCUT2D eigenvalue weighted by Crippen LogP contribution is -2.43. The van der Waals surface area contributed by atoms with Crippen LogP contribution in [0.5, 0.6) is 0 Å². The van der Waals surface area contributed by atoms with Gasteiger partial charge in [0, 0.05) is 39.3 Å². The molecule has 1 N–H and O–H groups in total. The molecule has 1 aliphatic heterocycles. The molecule has 0 radical (unpaired) electrons. The average molecular weight is 289 g/mol. The Morgan fingerprint density at radius 3 is 2.67 bits per heavy atom. The highest BCUT2D eigenvalue weighted by Crippen LogP contribution is 2.31. The maximum absolute atomic E-state index is 3.68. The Morgan fingerprint density at radius 1 is 1.14 bits per heavy atom. The topological polar surface area (TPSA) is 18.5 Å². The second kappa shape index (κ2) is 8.28. The lowest BCUT2D eigenvalue weighted by molar-refractivity contribution is 0.488. The van der Waals surface area contributed by atoms with E-state index in [1.165, 1.54) is 37.1 Å². The highest BCUT2D eigenvalue weighted by Gasteiger charge is 2.19. The van der Waals surface area contributed by atoms with E-state index in [9.17, 15) is 0 Å². The molecule has 1 atom stereocenters. The SMILES string of the molecule is CCCCCC(C)NCCN1CCN(C)c2ccccc21. The van der Waals surface area contributed by atoms with Crippen molar-refractivity contribution in [2.45, 2.75) is 45.6 Å². The van der Waals surface area contributed by atoms with Gasteiger partial charge in [-0.1, -0.05) is 38.3 Å². The molecule has 0 amide bonds. The van der Waals surface area contributed by atoms with Gasteiger partial charge in [-0.3, -0.25) is 0 Å². The van der Waals surface area contributed by atoms with Gasteiger partial charge in [0.15, 0.2) is 0 Å². The van der Waals surface area contributed by atoms with Gasteiger partial charge in [-0.25, -0.2) is 0 Å². The predicted octanol–water partition coefficient (Wildman–Crippen LogP) is 3.50. The summed E-state index contributed by atoms with van der Waals surface area (Å²) in [7, 11) is 2.18. The van der Waals surface area contributed by atoms with Gasteiger partial charge in [0.2, 0.25) is 0 Å². The number of likely N-dealkylation sites (N-methyl/N-ethyl adjacent to an activating group) is 1. The Hall–Kier alpha value is -1.22. The summed E-state index contributed by atoms with van der Waals surface area (Å²) in [4.78, 5) is 4.87. The van der Waals surface area contributed by atoms with Crippen molar-refractivity contribution in [1.82, 2.24) is 5.32 Å². The van der Waals surface area contributed by atoms with Crippen molar-refractivity contribution < 1.29 is 0 Å². The molecule has 1 aromatic rings. The molecule has 3 nitrogen and oxygen atoms in total. The number of unbranched alkanes of at least 4 members (excludes halogenated alkanes) is 2. The van der Waals surface area contributed by atoms with Crippen molar-refractivity contribution in [3.05, 3.63) is 24.3 Å². The summed E-state index contributed by atoms with van der Waals surface area (Å²) in [6.07, 6.45) is 5.32. The van der Waals surface area contributed by atoms with Crippen LogP contribution < -0.4 is 15.1 Å². The highest BCUT2D eigenvalue weighted by molar-refractivity contribution is 5.73. The Kier molecular flexibility index (Phi) is 6.37. The molecule has 0 aliphatic carbocycles. The number of nitrogens with zero attached hydrogens (tertiary/aromatic N) is 2. The lowest BCUT2D eigenvalue weighted by Gasteiger charge is -2.37. The minimum absolute atomic E-state index is 0.638. The zero-order valence-corrected chi connectivity index (χ0v) is 13.9. The first-order valence-electron chi connectivity index (χ1n) is 8.51. The van der Waals surface area contributed by atoms with Crippen molar-refractivity contribution in [2.24, 2.45) is 0 Å². The number of nitrogens with one attached hydrogen (secondary N) is 1. The Bertz CT molecular complexity index is 419. The van der Waals surface area contributed by atoms with E-state index in [1.807, 2.05) is 0 Å². The number of hydrogen-bond acceptors (Lipinski definition) is 3. The molecule has 0 aromatic heterocycles. The molecule has 118 valence electrons. The van der Waals surface area contributed by atoms with Crippen LogP contribution in [0.1, 0.15) is 39.5 Å². The van der Waals surface area contributed by atoms with E-state index in [0.717, 1.165) is 26.2 Å². The van der Waals surface area contributed by atoms with Gasteiger partial charge in [0.05, 0.1) is 11.4 Å². The minimum Gasteiger partial charge on any atom is -0.371 e. The summed E-state index contributed by atoms with van der Waals surface area (Å²) in [5, 5.41) is 3.68. The van der Waals surface area contributed by atoms with Gasteiger partial charge >= 0.3 is 0 Å². The molecule has 0 fully saturated rings. The quantitative estimate of drug-likeness (QED) is 0.739. The first kappa shape index (κ1) is 16.2. The van der Waals surface area contributed by atoms with E-state index in [0.29, 0.717) is 6.04 Å². The molecular formula is C18H31N3. The summed E-state index contributed by atoms with van der Waals surface area (Å²) >= 11 is 0. The molecule has 1 heterocycles. The van der Waals surface area contributed by atoms with Gasteiger partial charge in [-0.15, -0.1) is 0 Å². The predicted molar refractivity (Wildman–Crippen MR) is 93.5 cm³/mol. The van der Waals surface area contributed by atoms with E-state index in [1.54, 1.807) is 0 Å². The maximum atomic E-state index is 3.68. The number of hydrogen-bond donors (Lipinski definition) is 1. The van der Waals surface area contributed by atoms with Crippen LogP contribution >= 0.6 is 0 Å². The number of anilines is 2. The van der Waals surface area contributed by atoms with Crippen LogP contribution in [-0.4, -0.2) is 39.3 Å². The van der Waals surface area contributed by atoms with Gasteiger partial charge in [0.25, 0.3) is 0 Å². The van der Waals surface area contributed by atoms with E-state index in [-0.39, 0.29) is 0 Å². The zero-order valence-electron chi connectivity index (χ0n) is 13.9. The van der Waals surface area contributed by atoms with Crippen molar-refractivity contribution in [1.29, 1.82) is 0 Å². The Balaban J connectivity index is 1.78. The third-order valence-corrected chi connectivity index (χ3v) is 4.45. The van der Waals surface area contributed by atoms with Crippen LogP contribution in [0.3, 0.4) is 0 Å². The van der Waals surface area contributed by atoms with Crippen LogP contribution in [0.2, 0.25) is 0 Å². The molecule has 0 spiro atoms. The summed E-state index contributed by atoms with van der Waals surface area (Å²) in [5.74, 6) is 0. The average Bonchev–Trinajstić information content (AvgIpc) is 2.50. The number of fused-ring (bicyclic) bond motifs is 1. The van der Waals surface area contributed by atoms with Gasteiger partial charge in [-0.2, -0.15) is 0 Å². The first-order chi connectivity index (χ1) is 10.2. The summed E-state index contributed by atoms with van der Waals surface area (Å²) in [6.45, 7) is 8.99. The fourth-order valence-electron chi connectivity index (χ4n) is 3.05. The standard InChI is InChI=1S/C18H31N3/c1-4-5-6-9-16(2)19-12-13-21-15-14-20(3)17-10-7-8-11-18(17)21/h7-8,10-11,16,19H,4-6,9,12-15H2,1-3H3.